The Bertz CT molecular complexity index is 638. The molecule has 2 rings (SSSR count). The van der Waals surface area contributed by atoms with Crippen LogP contribution in [0, 0.1) is 5.41 Å². The van der Waals surface area contributed by atoms with Gasteiger partial charge >= 0.3 is 6.03 Å². The van der Waals surface area contributed by atoms with Crippen LogP contribution in [0.3, 0.4) is 0 Å². The third-order valence-electron chi connectivity index (χ3n) is 2.80. The van der Waals surface area contributed by atoms with Crippen LogP contribution in [0.1, 0.15) is 11.1 Å². The molecule has 0 unspecified atom stereocenters. The highest BCUT2D eigenvalue weighted by atomic mass is 35.5. The number of hydrogen-bond donors (Lipinski definition) is 3. The fourth-order valence-corrected chi connectivity index (χ4v) is 1.89. The first-order valence-corrected chi connectivity index (χ1v) is 6.42. The number of amides is 2. The Morgan fingerprint density at radius 2 is 1.75 bits per heavy atom. The number of halogens is 1. The van der Waals surface area contributed by atoms with Gasteiger partial charge in [0.1, 0.15) is 0 Å². The van der Waals surface area contributed by atoms with Gasteiger partial charge in [0.25, 0.3) is 0 Å². The van der Waals surface area contributed by atoms with Crippen LogP contribution in [-0.4, -0.2) is 18.8 Å². The summed E-state index contributed by atoms with van der Waals surface area (Å²) in [6.45, 7) is 0. The molecule has 102 valence electrons. The number of hydrogen-bond acceptors (Lipinski definition) is 2. The lowest BCUT2D eigenvalue weighted by atomic mass is 10.0. The standard InChI is InChI=1S/C15H14ClN3O/c1-18-15(20)19-13-5-3-2-4-12(13)14(17)10-6-8-11(16)9-7-10/h2-9,17H,1H3,(H2,18,19,20). The molecule has 0 bridgehead atoms. The maximum atomic E-state index is 11.4. The van der Waals surface area contributed by atoms with Gasteiger partial charge in [-0.15, -0.1) is 0 Å². The van der Waals surface area contributed by atoms with Crippen molar-refractivity contribution < 1.29 is 4.79 Å². The minimum atomic E-state index is -0.318. The molecular weight excluding hydrogens is 274 g/mol. The summed E-state index contributed by atoms with van der Waals surface area (Å²) in [7, 11) is 1.54. The smallest absolute Gasteiger partial charge is 0.318 e. The molecule has 5 heteroatoms. The molecule has 20 heavy (non-hydrogen) atoms. The Kier molecular flexibility index (Phi) is 4.38. The molecule has 0 aromatic heterocycles. The zero-order valence-electron chi connectivity index (χ0n) is 10.9. The summed E-state index contributed by atoms with van der Waals surface area (Å²) in [5.74, 6) is 0. The Morgan fingerprint density at radius 1 is 1.10 bits per heavy atom. The van der Waals surface area contributed by atoms with Gasteiger partial charge in [-0.2, -0.15) is 0 Å². The summed E-state index contributed by atoms with van der Waals surface area (Å²) in [5.41, 5.74) is 2.31. The van der Waals surface area contributed by atoms with Crippen molar-refractivity contribution in [1.29, 1.82) is 5.41 Å². The van der Waals surface area contributed by atoms with E-state index in [1.54, 1.807) is 43.4 Å². The number of carbonyl (C=O) groups is 1. The average Bonchev–Trinajstić information content (AvgIpc) is 2.48. The lowest BCUT2D eigenvalue weighted by Gasteiger charge is -2.12. The SMILES string of the molecule is CNC(=O)Nc1ccccc1C(=N)c1ccc(Cl)cc1. The Morgan fingerprint density at radius 3 is 2.40 bits per heavy atom. The van der Waals surface area contributed by atoms with Gasteiger partial charge in [-0.05, 0) is 18.2 Å². The van der Waals surface area contributed by atoms with E-state index >= 15 is 0 Å². The normalized spacial score (nSPS) is 9.90. The van der Waals surface area contributed by atoms with E-state index in [4.69, 9.17) is 17.0 Å². The third kappa shape index (κ3) is 3.16. The second-order valence-corrected chi connectivity index (χ2v) is 4.57. The maximum absolute atomic E-state index is 11.4. The molecule has 2 amide bonds. The first-order chi connectivity index (χ1) is 9.61. The molecule has 0 radical (unpaired) electrons. The Labute approximate surface area is 122 Å². The molecule has 0 atom stereocenters. The van der Waals surface area contributed by atoms with Gasteiger partial charge in [0, 0.05) is 23.2 Å². The molecule has 2 aromatic carbocycles. The largest absolute Gasteiger partial charge is 0.341 e. The van der Waals surface area contributed by atoms with Crippen LogP contribution >= 0.6 is 11.6 Å². The fraction of sp³-hybridized carbons (Fsp3) is 0.0667. The van der Waals surface area contributed by atoms with Crippen LogP contribution in [0.25, 0.3) is 0 Å². The number of anilines is 1. The summed E-state index contributed by atoms with van der Waals surface area (Å²) in [4.78, 5) is 11.4. The van der Waals surface area contributed by atoms with Gasteiger partial charge in [-0.1, -0.05) is 41.9 Å². The van der Waals surface area contributed by atoms with Crippen LogP contribution in [0.4, 0.5) is 10.5 Å². The van der Waals surface area contributed by atoms with Crippen LogP contribution in [0.15, 0.2) is 48.5 Å². The minimum absolute atomic E-state index is 0.318. The van der Waals surface area contributed by atoms with E-state index in [1.807, 2.05) is 12.1 Å². The van der Waals surface area contributed by atoms with E-state index in [9.17, 15) is 4.79 Å². The number of rotatable bonds is 3. The predicted molar refractivity (Wildman–Crippen MR) is 81.9 cm³/mol. The number of para-hydroxylation sites is 1. The van der Waals surface area contributed by atoms with Crippen LogP contribution in [0.5, 0.6) is 0 Å². The van der Waals surface area contributed by atoms with Crippen molar-refractivity contribution in [2.24, 2.45) is 0 Å². The molecule has 2 aromatic rings. The van der Waals surface area contributed by atoms with E-state index in [0.29, 0.717) is 22.0 Å². The second-order valence-electron chi connectivity index (χ2n) is 4.13. The molecule has 0 aliphatic carbocycles. The topological polar surface area (TPSA) is 65.0 Å². The lowest BCUT2D eigenvalue weighted by molar-refractivity contribution is 0.254. The maximum Gasteiger partial charge on any atom is 0.318 e. The number of benzene rings is 2. The quantitative estimate of drug-likeness (QED) is 0.743. The highest BCUT2D eigenvalue weighted by molar-refractivity contribution is 6.30. The number of nitrogens with one attached hydrogen (secondary N) is 3. The van der Waals surface area contributed by atoms with E-state index in [2.05, 4.69) is 10.6 Å². The molecule has 0 aliphatic rings. The van der Waals surface area contributed by atoms with Crippen molar-refractivity contribution >= 4 is 29.0 Å². The van der Waals surface area contributed by atoms with Gasteiger partial charge in [0.05, 0.1) is 11.4 Å². The number of carbonyl (C=O) groups excluding carboxylic acids is 1. The first kappa shape index (κ1) is 14.1. The molecule has 4 nitrogen and oxygen atoms in total. The van der Waals surface area contributed by atoms with Gasteiger partial charge in [0.2, 0.25) is 0 Å². The van der Waals surface area contributed by atoms with Crippen LogP contribution in [0.2, 0.25) is 5.02 Å². The Balaban J connectivity index is 2.34. The van der Waals surface area contributed by atoms with Crippen molar-refractivity contribution in [2.75, 3.05) is 12.4 Å². The predicted octanol–water partition coefficient (Wildman–Crippen LogP) is 3.51. The molecule has 0 saturated heterocycles. The summed E-state index contributed by atoms with van der Waals surface area (Å²) in [6, 6.07) is 13.9. The van der Waals surface area contributed by atoms with Crippen molar-refractivity contribution in [3.05, 3.63) is 64.7 Å². The van der Waals surface area contributed by atoms with E-state index in [1.165, 1.54) is 0 Å². The van der Waals surface area contributed by atoms with Crippen LogP contribution in [-0.2, 0) is 0 Å². The van der Waals surface area contributed by atoms with Gasteiger partial charge in [-0.3, -0.25) is 5.41 Å². The van der Waals surface area contributed by atoms with E-state index < -0.39 is 0 Å². The van der Waals surface area contributed by atoms with Crippen molar-refractivity contribution in [2.45, 2.75) is 0 Å². The van der Waals surface area contributed by atoms with Crippen molar-refractivity contribution in [3.8, 4) is 0 Å². The molecule has 3 N–H and O–H groups in total. The highest BCUT2D eigenvalue weighted by Gasteiger charge is 2.11. The molecule has 0 fully saturated rings. The highest BCUT2D eigenvalue weighted by Crippen LogP contribution is 2.20. The second kappa shape index (κ2) is 6.21. The summed E-state index contributed by atoms with van der Waals surface area (Å²) in [6.07, 6.45) is 0. The molecule has 0 heterocycles. The monoisotopic (exact) mass is 287 g/mol. The van der Waals surface area contributed by atoms with Gasteiger partial charge in [0.15, 0.2) is 0 Å². The first-order valence-electron chi connectivity index (χ1n) is 6.04. The summed E-state index contributed by atoms with van der Waals surface area (Å²) < 4.78 is 0. The molecule has 0 aliphatic heterocycles. The van der Waals surface area contributed by atoms with E-state index in [-0.39, 0.29) is 6.03 Å². The third-order valence-corrected chi connectivity index (χ3v) is 3.06. The molecule has 0 saturated carbocycles. The lowest BCUT2D eigenvalue weighted by Crippen LogP contribution is -2.25. The van der Waals surface area contributed by atoms with Crippen LogP contribution < -0.4 is 10.6 Å². The fourth-order valence-electron chi connectivity index (χ4n) is 1.77. The van der Waals surface area contributed by atoms with Gasteiger partial charge < -0.3 is 10.6 Å². The van der Waals surface area contributed by atoms with Gasteiger partial charge in [-0.25, -0.2) is 4.79 Å². The van der Waals surface area contributed by atoms with Crippen molar-refractivity contribution in [3.63, 3.8) is 0 Å². The summed E-state index contributed by atoms with van der Waals surface area (Å²) in [5, 5.41) is 14.1. The average molecular weight is 288 g/mol. The zero-order chi connectivity index (χ0) is 14.5. The van der Waals surface area contributed by atoms with Crippen molar-refractivity contribution in [1.82, 2.24) is 5.32 Å². The van der Waals surface area contributed by atoms with E-state index in [0.717, 1.165) is 5.56 Å². The minimum Gasteiger partial charge on any atom is -0.341 e. The Hall–Kier alpha value is -2.33. The zero-order valence-corrected chi connectivity index (χ0v) is 11.7. The summed E-state index contributed by atoms with van der Waals surface area (Å²) >= 11 is 5.85. The molecular formula is C15H14ClN3O. The molecule has 0 spiro atoms. The number of urea groups is 1.